The molecule has 0 aliphatic carbocycles. The number of aromatic hydroxyl groups is 1. The van der Waals surface area contributed by atoms with Crippen molar-refractivity contribution < 1.29 is 28.3 Å². The number of imide groups is 1. The van der Waals surface area contributed by atoms with E-state index in [0.717, 1.165) is 53.6 Å². The van der Waals surface area contributed by atoms with Gasteiger partial charge in [0.25, 0.3) is 5.91 Å². The van der Waals surface area contributed by atoms with Crippen molar-refractivity contribution in [2.45, 2.75) is 69.2 Å². The minimum atomic E-state index is -1.38. The fraction of sp³-hybridized carbons (Fsp3) is 0.413. The van der Waals surface area contributed by atoms with Crippen LogP contribution in [0.15, 0.2) is 79.0 Å². The zero-order valence-electron chi connectivity index (χ0n) is 34.3. The Balaban J connectivity index is 0.783. The van der Waals surface area contributed by atoms with Gasteiger partial charge in [-0.3, -0.25) is 19.8 Å². The number of carbonyl (C=O) groups is 3. The second-order valence-corrected chi connectivity index (χ2v) is 17.2. The standard InChI is InChI=1S/C46H51F2N9O4/c1-29-22-31(6-8-36(29)32-23-33(47)27-55(26-32)40-25-38(51-52-43(40)49)37-4-2-3-5-41(37)58)44(60)54-20-14-46(48,15-21-54)28-53-16-11-34(12-17-53)56-18-10-30-24-35(7-9-39(30)56)57-19-13-42(59)50-45(57)61/h2-10,18,22,24-25,32-34,58H,11-17,19-21,23,26-28H2,1H3,(H2,49,52)(H,50,59,61)/t32-,33+/m0/s1. The second kappa shape index (κ2) is 16.4. The lowest BCUT2D eigenvalue weighted by molar-refractivity contribution is -0.120. The van der Waals surface area contributed by atoms with Crippen LogP contribution in [0.5, 0.6) is 5.75 Å². The summed E-state index contributed by atoms with van der Waals surface area (Å²) in [5.74, 6) is -0.305. The van der Waals surface area contributed by atoms with E-state index in [-0.39, 0.29) is 61.1 Å². The van der Waals surface area contributed by atoms with Crippen molar-refractivity contribution in [3.8, 4) is 17.0 Å². The molecule has 0 spiro atoms. The molecule has 4 aliphatic heterocycles. The summed E-state index contributed by atoms with van der Waals surface area (Å²) < 4.78 is 34.1. The highest BCUT2D eigenvalue weighted by atomic mass is 19.1. The molecule has 4 aliphatic rings. The number of nitrogens with one attached hydrogen (secondary N) is 1. The molecule has 2 atom stereocenters. The first kappa shape index (κ1) is 40.3. The molecular formula is C46H51F2N9O4. The maximum absolute atomic E-state index is 16.4. The molecule has 5 aromatic rings. The van der Waals surface area contributed by atoms with Crippen LogP contribution < -0.4 is 20.9 Å². The molecule has 4 N–H and O–H groups in total. The number of aryl methyl sites for hydroxylation is 1. The molecule has 0 bridgehead atoms. The molecular weight excluding hydrogens is 781 g/mol. The summed E-state index contributed by atoms with van der Waals surface area (Å²) >= 11 is 0. The lowest BCUT2D eigenvalue weighted by atomic mass is 9.86. The monoisotopic (exact) mass is 831 g/mol. The lowest BCUT2D eigenvalue weighted by Crippen LogP contribution is -2.51. The summed E-state index contributed by atoms with van der Waals surface area (Å²) in [5.41, 5.74) is 10.6. The van der Waals surface area contributed by atoms with Gasteiger partial charge in [0, 0.05) is 117 Å². The van der Waals surface area contributed by atoms with Crippen molar-refractivity contribution in [1.82, 2.24) is 29.9 Å². The predicted molar refractivity (Wildman–Crippen MR) is 230 cm³/mol. The van der Waals surface area contributed by atoms with Gasteiger partial charge in [-0.15, -0.1) is 10.2 Å². The van der Waals surface area contributed by atoms with Gasteiger partial charge in [-0.2, -0.15) is 0 Å². The van der Waals surface area contributed by atoms with Crippen LogP contribution in [0.4, 0.5) is 30.8 Å². The number of carbonyl (C=O) groups excluding carboxylic acids is 3. The fourth-order valence-electron chi connectivity index (χ4n) is 9.85. The van der Waals surface area contributed by atoms with Gasteiger partial charge >= 0.3 is 6.03 Å². The van der Waals surface area contributed by atoms with Gasteiger partial charge in [0.05, 0.1) is 11.4 Å². The third-order valence-electron chi connectivity index (χ3n) is 13.2. The van der Waals surface area contributed by atoms with Gasteiger partial charge in [0.15, 0.2) is 5.82 Å². The summed E-state index contributed by atoms with van der Waals surface area (Å²) in [6, 6.07) is 22.0. The van der Waals surface area contributed by atoms with Crippen LogP contribution in [-0.2, 0) is 4.79 Å². The molecule has 0 unspecified atom stereocenters. The zero-order valence-corrected chi connectivity index (χ0v) is 34.3. The summed E-state index contributed by atoms with van der Waals surface area (Å²) in [5, 5.41) is 22.1. The third-order valence-corrected chi connectivity index (χ3v) is 13.2. The Morgan fingerprint density at radius 1 is 0.951 bits per heavy atom. The normalized spacial score (nSPS) is 21.5. The van der Waals surface area contributed by atoms with Gasteiger partial charge in [-0.05, 0) is 91.9 Å². The molecule has 0 radical (unpaired) electrons. The number of para-hydroxylation sites is 1. The summed E-state index contributed by atoms with van der Waals surface area (Å²) in [7, 11) is 0. The quantitative estimate of drug-likeness (QED) is 0.154. The van der Waals surface area contributed by atoms with Gasteiger partial charge in [-0.1, -0.05) is 18.2 Å². The average molecular weight is 832 g/mol. The van der Waals surface area contributed by atoms with Crippen LogP contribution in [0.1, 0.15) is 72.0 Å². The maximum Gasteiger partial charge on any atom is 0.328 e. The number of phenols is 1. The Hall–Kier alpha value is -6.09. The third kappa shape index (κ3) is 8.22. The number of hydrogen-bond donors (Lipinski definition) is 3. The minimum absolute atomic E-state index is 0.0625. The van der Waals surface area contributed by atoms with Crippen molar-refractivity contribution in [3.63, 3.8) is 0 Å². The molecule has 61 heavy (non-hydrogen) atoms. The average Bonchev–Trinajstić information content (AvgIpc) is 3.67. The Labute approximate surface area is 353 Å². The van der Waals surface area contributed by atoms with Crippen LogP contribution in [0.2, 0.25) is 0 Å². The van der Waals surface area contributed by atoms with Crippen LogP contribution in [0.25, 0.3) is 22.2 Å². The first-order valence-electron chi connectivity index (χ1n) is 21.2. The number of nitrogens with two attached hydrogens (primary N) is 1. The number of likely N-dealkylation sites (tertiary alicyclic amines) is 2. The van der Waals surface area contributed by atoms with E-state index < -0.39 is 17.9 Å². The first-order chi connectivity index (χ1) is 29.4. The van der Waals surface area contributed by atoms with Crippen molar-refractivity contribution in [2.24, 2.45) is 0 Å². The van der Waals surface area contributed by atoms with Crippen LogP contribution in [-0.4, -0.2) is 112 Å². The van der Waals surface area contributed by atoms with Crippen LogP contribution >= 0.6 is 0 Å². The topological polar surface area (TPSA) is 153 Å². The number of alkyl halides is 2. The van der Waals surface area contributed by atoms with E-state index in [1.165, 1.54) is 0 Å². The molecule has 318 valence electrons. The van der Waals surface area contributed by atoms with Crippen molar-refractivity contribution in [3.05, 3.63) is 95.7 Å². The molecule has 15 heteroatoms. The Kier molecular flexibility index (Phi) is 10.8. The second-order valence-electron chi connectivity index (χ2n) is 17.2. The van der Waals surface area contributed by atoms with Gasteiger partial charge in [-0.25, -0.2) is 13.6 Å². The van der Waals surface area contributed by atoms with E-state index in [1.807, 2.05) is 42.2 Å². The summed E-state index contributed by atoms with van der Waals surface area (Å²) in [4.78, 5) is 45.2. The number of anilines is 3. The van der Waals surface area contributed by atoms with E-state index in [4.69, 9.17) is 5.73 Å². The summed E-state index contributed by atoms with van der Waals surface area (Å²) in [6.45, 7) is 5.51. The largest absolute Gasteiger partial charge is 0.507 e. The number of benzene rings is 3. The highest BCUT2D eigenvalue weighted by molar-refractivity contribution is 6.06. The lowest BCUT2D eigenvalue weighted by Gasteiger charge is -2.41. The van der Waals surface area contributed by atoms with Crippen molar-refractivity contribution in [2.75, 3.05) is 67.9 Å². The summed E-state index contributed by atoms with van der Waals surface area (Å²) in [6.07, 6.45) is 3.89. The van der Waals surface area contributed by atoms with E-state index in [2.05, 4.69) is 37.2 Å². The number of nitrogens with zero attached hydrogens (tertiary/aromatic N) is 7. The Bertz CT molecular complexity index is 2480. The smallest absolute Gasteiger partial charge is 0.328 e. The first-order valence-corrected chi connectivity index (χ1v) is 21.2. The van der Waals surface area contributed by atoms with Crippen molar-refractivity contribution >= 4 is 45.9 Å². The molecule has 4 saturated heterocycles. The number of urea groups is 1. The molecule has 6 heterocycles. The number of fused-ring (bicyclic) bond motifs is 1. The maximum atomic E-state index is 16.4. The number of phenolic OH excluding ortho intramolecular Hbond substituents is 1. The highest BCUT2D eigenvalue weighted by Crippen LogP contribution is 2.38. The molecule has 2 aromatic heterocycles. The van der Waals surface area contributed by atoms with Gasteiger partial charge < -0.3 is 30.1 Å². The van der Waals surface area contributed by atoms with E-state index >= 15 is 8.78 Å². The molecule has 3 aromatic carbocycles. The number of hydrogen-bond acceptors (Lipinski definition) is 9. The SMILES string of the molecule is Cc1cc(C(=O)N2CCC(F)(CN3CCC(n4ccc5cc(N6CCC(=O)NC6=O)ccc54)CC3)CC2)ccc1[C@H]1C[C@@H](F)CN(c2cc(-c3ccccc3O)nnc2N)C1. The number of nitrogen functional groups attached to an aromatic ring is 1. The highest BCUT2D eigenvalue weighted by Gasteiger charge is 2.39. The zero-order chi connectivity index (χ0) is 42.4. The van der Waals surface area contributed by atoms with Gasteiger partial charge in [0.1, 0.15) is 17.6 Å². The molecule has 4 fully saturated rings. The predicted octanol–water partition coefficient (Wildman–Crippen LogP) is 6.75. The van der Waals surface area contributed by atoms with Gasteiger partial charge in [0.2, 0.25) is 5.91 Å². The van der Waals surface area contributed by atoms with Crippen LogP contribution in [0.3, 0.4) is 0 Å². The van der Waals surface area contributed by atoms with E-state index in [1.54, 1.807) is 46.2 Å². The Morgan fingerprint density at radius 3 is 2.49 bits per heavy atom. The Morgan fingerprint density at radius 2 is 1.74 bits per heavy atom. The number of piperidine rings is 3. The number of rotatable bonds is 8. The molecule has 4 amide bonds. The fourth-order valence-corrected chi connectivity index (χ4v) is 9.85. The van der Waals surface area contributed by atoms with Crippen LogP contribution in [0, 0.1) is 6.92 Å². The van der Waals surface area contributed by atoms with E-state index in [0.29, 0.717) is 61.7 Å². The molecule has 9 rings (SSSR count). The number of aromatic nitrogens is 3. The number of amides is 4. The molecule has 0 saturated carbocycles. The van der Waals surface area contributed by atoms with Crippen molar-refractivity contribution in [1.29, 1.82) is 0 Å². The number of halogens is 2. The van der Waals surface area contributed by atoms with E-state index in [9.17, 15) is 19.5 Å². The molecule has 13 nitrogen and oxygen atoms in total. The minimum Gasteiger partial charge on any atom is -0.507 e.